The molecule has 3 rings (SSSR count). The predicted molar refractivity (Wildman–Crippen MR) is 89.8 cm³/mol. The Balaban J connectivity index is 2.10. The third kappa shape index (κ3) is 2.43. The van der Waals surface area contributed by atoms with Crippen LogP contribution in [0.2, 0.25) is 0 Å². The van der Waals surface area contributed by atoms with Crippen LogP contribution in [0.5, 0.6) is 0 Å². The van der Waals surface area contributed by atoms with Crippen molar-refractivity contribution in [1.82, 2.24) is 4.98 Å². The van der Waals surface area contributed by atoms with Gasteiger partial charge in [-0.1, -0.05) is 44.2 Å². The van der Waals surface area contributed by atoms with Gasteiger partial charge in [-0.05, 0) is 37.7 Å². The highest BCUT2D eigenvalue weighted by atomic mass is 32.1. The van der Waals surface area contributed by atoms with E-state index in [1.54, 1.807) is 0 Å². The van der Waals surface area contributed by atoms with Crippen LogP contribution in [0.4, 0.5) is 0 Å². The molecule has 1 atom stereocenters. The van der Waals surface area contributed by atoms with E-state index in [0.717, 1.165) is 25.7 Å². The van der Waals surface area contributed by atoms with Crippen LogP contribution in [0.3, 0.4) is 0 Å². The number of aryl methyl sites for hydroxylation is 1. The molecule has 1 aromatic carbocycles. The Morgan fingerprint density at radius 3 is 2.57 bits per heavy atom. The zero-order valence-corrected chi connectivity index (χ0v) is 13.7. The molecule has 0 bridgehead atoms. The maximum atomic E-state index is 6.29. The van der Waals surface area contributed by atoms with Gasteiger partial charge in [-0.3, -0.25) is 0 Å². The SMILES string of the molecule is CCC(CC)(c1ccccc1)c1nc2c(s1)C(N)CCC2. The molecule has 2 aromatic rings. The Morgan fingerprint density at radius 1 is 1.24 bits per heavy atom. The molecule has 1 heterocycles. The van der Waals surface area contributed by atoms with E-state index in [1.807, 2.05) is 11.3 Å². The number of nitrogens with zero attached hydrogens (tertiary/aromatic N) is 1. The number of rotatable bonds is 4. The number of thiazole rings is 1. The molecule has 0 amide bonds. The number of fused-ring (bicyclic) bond motifs is 1. The van der Waals surface area contributed by atoms with Crippen molar-refractivity contribution in [2.75, 3.05) is 0 Å². The minimum Gasteiger partial charge on any atom is -0.323 e. The van der Waals surface area contributed by atoms with Crippen LogP contribution in [-0.4, -0.2) is 4.98 Å². The van der Waals surface area contributed by atoms with Crippen molar-refractivity contribution >= 4 is 11.3 Å². The van der Waals surface area contributed by atoms with Gasteiger partial charge in [0.2, 0.25) is 0 Å². The highest BCUT2D eigenvalue weighted by Gasteiger charge is 2.35. The molecule has 0 radical (unpaired) electrons. The van der Waals surface area contributed by atoms with E-state index >= 15 is 0 Å². The highest BCUT2D eigenvalue weighted by molar-refractivity contribution is 7.12. The first-order valence-corrected chi connectivity index (χ1v) is 8.84. The van der Waals surface area contributed by atoms with E-state index in [4.69, 9.17) is 10.7 Å². The molecule has 0 aliphatic heterocycles. The molecule has 0 spiro atoms. The van der Waals surface area contributed by atoms with Gasteiger partial charge >= 0.3 is 0 Å². The van der Waals surface area contributed by atoms with Crippen molar-refractivity contribution < 1.29 is 0 Å². The molecule has 1 aliphatic rings. The molecule has 0 saturated carbocycles. The fraction of sp³-hybridized carbons (Fsp3) is 0.500. The minimum absolute atomic E-state index is 0.0446. The van der Waals surface area contributed by atoms with Crippen molar-refractivity contribution in [3.8, 4) is 0 Å². The average Bonchev–Trinajstić information content (AvgIpc) is 2.96. The maximum Gasteiger partial charge on any atom is 0.104 e. The van der Waals surface area contributed by atoms with Gasteiger partial charge in [0, 0.05) is 16.3 Å². The monoisotopic (exact) mass is 300 g/mol. The Bertz CT molecular complexity index is 599. The quantitative estimate of drug-likeness (QED) is 0.897. The van der Waals surface area contributed by atoms with E-state index in [-0.39, 0.29) is 11.5 Å². The molecule has 0 fully saturated rings. The summed E-state index contributed by atoms with van der Waals surface area (Å²) < 4.78 is 0. The van der Waals surface area contributed by atoms with E-state index in [0.29, 0.717) is 0 Å². The normalized spacial score (nSPS) is 18.5. The molecule has 2 N–H and O–H groups in total. The lowest BCUT2D eigenvalue weighted by Crippen LogP contribution is -2.25. The summed E-state index contributed by atoms with van der Waals surface area (Å²) in [7, 11) is 0. The second-order valence-electron chi connectivity index (χ2n) is 5.98. The Kier molecular flexibility index (Phi) is 4.14. The van der Waals surface area contributed by atoms with Crippen molar-refractivity contribution in [1.29, 1.82) is 0 Å². The zero-order valence-electron chi connectivity index (χ0n) is 12.9. The van der Waals surface area contributed by atoms with Gasteiger partial charge < -0.3 is 5.73 Å². The third-order valence-electron chi connectivity index (χ3n) is 4.94. The molecule has 2 nitrogen and oxygen atoms in total. The lowest BCUT2D eigenvalue weighted by molar-refractivity contribution is 0.473. The van der Waals surface area contributed by atoms with Gasteiger partial charge in [0.15, 0.2) is 0 Å². The van der Waals surface area contributed by atoms with E-state index in [9.17, 15) is 0 Å². The number of nitrogens with two attached hydrogens (primary N) is 1. The first kappa shape index (κ1) is 14.7. The van der Waals surface area contributed by atoms with Gasteiger partial charge in [0.05, 0.1) is 5.69 Å². The second-order valence-corrected chi connectivity index (χ2v) is 7.01. The Morgan fingerprint density at radius 2 is 1.95 bits per heavy atom. The van der Waals surface area contributed by atoms with E-state index < -0.39 is 0 Å². The van der Waals surface area contributed by atoms with Gasteiger partial charge in [-0.15, -0.1) is 11.3 Å². The zero-order chi connectivity index (χ0) is 14.9. The average molecular weight is 300 g/mol. The smallest absolute Gasteiger partial charge is 0.104 e. The second kappa shape index (κ2) is 5.90. The molecule has 1 unspecified atom stereocenters. The van der Waals surface area contributed by atoms with Crippen LogP contribution >= 0.6 is 11.3 Å². The van der Waals surface area contributed by atoms with Crippen molar-refractivity contribution in [3.63, 3.8) is 0 Å². The van der Waals surface area contributed by atoms with Crippen LogP contribution in [0, 0.1) is 0 Å². The maximum absolute atomic E-state index is 6.29. The van der Waals surface area contributed by atoms with Gasteiger partial charge in [0.1, 0.15) is 5.01 Å². The fourth-order valence-corrected chi connectivity index (χ4v) is 5.00. The van der Waals surface area contributed by atoms with Gasteiger partial charge in [0.25, 0.3) is 0 Å². The Hall–Kier alpha value is -1.19. The van der Waals surface area contributed by atoms with Crippen LogP contribution < -0.4 is 5.73 Å². The van der Waals surface area contributed by atoms with Crippen LogP contribution in [0.25, 0.3) is 0 Å². The summed E-state index contributed by atoms with van der Waals surface area (Å²) in [5, 5.41) is 1.26. The molecule has 3 heteroatoms. The standard InChI is InChI=1S/C18H24N2S/c1-3-18(4-2,13-9-6-5-7-10-13)17-20-15-12-8-11-14(19)16(15)21-17/h5-7,9-10,14H,3-4,8,11-12,19H2,1-2H3. The van der Waals surface area contributed by atoms with E-state index in [1.165, 1.54) is 27.6 Å². The minimum atomic E-state index is 0.0446. The molecular formula is C18H24N2S. The topological polar surface area (TPSA) is 38.9 Å². The van der Waals surface area contributed by atoms with Crippen molar-refractivity contribution in [3.05, 3.63) is 51.5 Å². The highest BCUT2D eigenvalue weighted by Crippen LogP contribution is 2.44. The first-order valence-electron chi connectivity index (χ1n) is 8.02. The molecular weight excluding hydrogens is 276 g/mol. The lowest BCUT2D eigenvalue weighted by Gasteiger charge is -2.30. The number of benzene rings is 1. The van der Waals surface area contributed by atoms with Crippen LogP contribution in [0.1, 0.15) is 66.7 Å². The summed E-state index contributed by atoms with van der Waals surface area (Å²) in [6.07, 6.45) is 5.53. The first-order chi connectivity index (χ1) is 10.2. The van der Waals surface area contributed by atoms with Crippen LogP contribution in [-0.2, 0) is 11.8 Å². The lowest BCUT2D eigenvalue weighted by atomic mass is 9.76. The number of aromatic nitrogens is 1. The van der Waals surface area contributed by atoms with Crippen molar-refractivity contribution in [2.24, 2.45) is 5.73 Å². The molecule has 1 aromatic heterocycles. The fourth-order valence-electron chi connectivity index (χ4n) is 3.50. The molecule has 1 aliphatic carbocycles. The van der Waals surface area contributed by atoms with Gasteiger partial charge in [-0.2, -0.15) is 0 Å². The summed E-state index contributed by atoms with van der Waals surface area (Å²) in [5.74, 6) is 0. The summed E-state index contributed by atoms with van der Waals surface area (Å²) in [6, 6.07) is 11.0. The molecule has 0 saturated heterocycles. The largest absolute Gasteiger partial charge is 0.323 e. The van der Waals surface area contributed by atoms with Crippen molar-refractivity contribution in [2.45, 2.75) is 57.4 Å². The van der Waals surface area contributed by atoms with Crippen LogP contribution in [0.15, 0.2) is 30.3 Å². The summed E-state index contributed by atoms with van der Waals surface area (Å²) >= 11 is 1.86. The van der Waals surface area contributed by atoms with E-state index in [2.05, 4.69) is 44.2 Å². The number of hydrogen-bond donors (Lipinski definition) is 1. The molecule has 112 valence electrons. The number of hydrogen-bond acceptors (Lipinski definition) is 3. The summed E-state index contributed by atoms with van der Waals surface area (Å²) in [6.45, 7) is 4.55. The summed E-state index contributed by atoms with van der Waals surface area (Å²) in [5.41, 5.74) is 8.98. The predicted octanol–water partition coefficient (Wildman–Crippen LogP) is 4.59. The van der Waals surface area contributed by atoms with Gasteiger partial charge in [-0.25, -0.2) is 4.98 Å². The summed E-state index contributed by atoms with van der Waals surface area (Å²) in [4.78, 5) is 6.36. The third-order valence-corrected chi connectivity index (χ3v) is 6.37. The Labute approximate surface area is 131 Å². The molecule has 21 heavy (non-hydrogen) atoms.